The van der Waals surface area contributed by atoms with E-state index in [0.717, 1.165) is 6.42 Å². The van der Waals surface area contributed by atoms with Crippen LogP contribution in [0.25, 0.3) is 0 Å². The van der Waals surface area contributed by atoms with Crippen LogP contribution in [0, 0.1) is 5.92 Å². The number of esters is 1. The van der Waals surface area contributed by atoms with Gasteiger partial charge < -0.3 is 14.4 Å². The third-order valence-corrected chi connectivity index (χ3v) is 4.55. The molecule has 0 saturated carbocycles. The van der Waals surface area contributed by atoms with Gasteiger partial charge in [-0.05, 0) is 46.5 Å². The number of hydrogen-bond donors (Lipinski definition) is 0. The van der Waals surface area contributed by atoms with Gasteiger partial charge in [-0.25, -0.2) is 9.59 Å². The molecule has 7 nitrogen and oxygen atoms in total. The molecule has 2 rings (SSSR count). The molecule has 0 N–H and O–H groups in total. The fraction of sp³-hybridized carbons (Fsp3) is 0.824. The average Bonchev–Trinajstić information content (AvgIpc) is 2.84. The first-order valence-electron chi connectivity index (χ1n) is 8.57. The van der Waals surface area contributed by atoms with E-state index in [1.807, 2.05) is 0 Å². The molecule has 24 heavy (non-hydrogen) atoms. The first kappa shape index (κ1) is 18.5. The van der Waals surface area contributed by atoms with Gasteiger partial charge in [0.25, 0.3) is 0 Å². The molecule has 0 spiro atoms. The number of likely N-dealkylation sites (tertiary alicyclic amines) is 2. The van der Waals surface area contributed by atoms with E-state index >= 15 is 0 Å². The van der Waals surface area contributed by atoms with Crippen molar-refractivity contribution in [2.24, 2.45) is 5.92 Å². The Kier molecular flexibility index (Phi) is 5.40. The van der Waals surface area contributed by atoms with E-state index in [2.05, 4.69) is 0 Å². The molecule has 2 saturated heterocycles. The van der Waals surface area contributed by atoms with Crippen LogP contribution in [0.5, 0.6) is 0 Å². The second kappa shape index (κ2) is 6.99. The quantitative estimate of drug-likeness (QED) is 0.717. The van der Waals surface area contributed by atoms with Crippen LogP contribution in [-0.2, 0) is 19.1 Å². The Labute approximate surface area is 143 Å². The third-order valence-electron chi connectivity index (χ3n) is 4.55. The molecule has 0 aromatic rings. The Balaban J connectivity index is 2.24. The highest BCUT2D eigenvalue weighted by Gasteiger charge is 2.51. The summed E-state index contributed by atoms with van der Waals surface area (Å²) in [5, 5.41) is 0. The Hall–Kier alpha value is -1.79. The van der Waals surface area contributed by atoms with Crippen LogP contribution in [0.4, 0.5) is 4.79 Å². The van der Waals surface area contributed by atoms with Gasteiger partial charge in [-0.1, -0.05) is 0 Å². The molecule has 2 amide bonds. The van der Waals surface area contributed by atoms with Crippen molar-refractivity contribution in [3.8, 4) is 0 Å². The summed E-state index contributed by atoms with van der Waals surface area (Å²) < 4.78 is 10.6. The van der Waals surface area contributed by atoms with E-state index < -0.39 is 23.7 Å². The highest BCUT2D eigenvalue weighted by atomic mass is 16.6. The summed E-state index contributed by atoms with van der Waals surface area (Å²) in [5.41, 5.74) is -0.649. The molecular weight excluding hydrogens is 312 g/mol. The standard InChI is InChI=1S/C17H28N2O5/c1-6-23-15(21)13-9-12-7-8-18(11(2)20)10-14(12)19(13)16(22)24-17(3,4)5/h12-14H,6-10H2,1-5H3. The number of carbonyl (C=O) groups excluding carboxylic acids is 3. The van der Waals surface area contributed by atoms with Gasteiger partial charge in [0.15, 0.2) is 0 Å². The van der Waals surface area contributed by atoms with Crippen molar-refractivity contribution >= 4 is 18.0 Å². The van der Waals surface area contributed by atoms with Gasteiger partial charge in [-0.15, -0.1) is 0 Å². The highest BCUT2D eigenvalue weighted by Crippen LogP contribution is 2.37. The van der Waals surface area contributed by atoms with Crippen LogP contribution in [0.15, 0.2) is 0 Å². The molecule has 2 aliphatic heterocycles. The maximum atomic E-state index is 12.7. The van der Waals surface area contributed by atoms with Crippen LogP contribution in [0.1, 0.15) is 47.5 Å². The average molecular weight is 340 g/mol. The molecule has 7 heteroatoms. The maximum absolute atomic E-state index is 12.7. The van der Waals surface area contributed by atoms with E-state index in [9.17, 15) is 14.4 Å². The fourth-order valence-electron chi connectivity index (χ4n) is 3.51. The predicted octanol–water partition coefficient (Wildman–Crippen LogP) is 1.80. The lowest BCUT2D eigenvalue weighted by atomic mass is 9.91. The van der Waals surface area contributed by atoms with Crippen LogP contribution in [0.2, 0.25) is 0 Å². The smallest absolute Gasteiger partial charge is 0.411 e. The maximum Gasteiger partial charge on any atom is 0.411 e. The number of piperidine rings is 1. The lowest BCUT2D eigenvalue weighted by Crippen LogP contribution is -2.54. The first-order valence-corrected chi connectivity index (χ1v) is 8.57. The van der Waals surface area contributed by atoms with Crippen LogP contribution < -0.4 is 0 Å². The second-order valence-electron chi connectivity index (χ2n) is 7.47. The summed E-state index contributed by atoms with van der Waals surface area (Å²) in [6, 6.07) is -0.839. The summed E-state index contributed by atoms with van der Waals surface area (Å²) in [6.07, 6.45) is 0.826. The van der Waals surface area contributed by atoms with Crippen molar-refractivity contribution in [2.75, 3.05) is 19.7 Å². The number of hydrogen-bond acceptors (Lipinski definition) is 5. The summed E-state index contributed by atoms with van der Waals surface area (Å²) >= 11 is 0. The lowest BCUT2D eigenvalue weighted by Gasteiger charge is -2.39. The molecule has 3 atom stereocenters. The van der Waals surface area contributed by atoms with Gasteiger partial charge in [-0.2, -0.15) is 0 Å². The molecule has 2 fully saturated rings. The van der Waals surface area contributed by atoms with Crippen molar-refractivity contribution in [3.05, 3.63) is 0 Å². The van der Waals surface area contributed by atoms with Crippen molar-refractivity contribution in [3.63, 3.8) is 0 Å². The molecule has 0 aromatic carbocycles. The number of amides is 2. The molecule has 3 unspecified atom stereocenters. The summed E-state index contributed by atoms with van der Waals surface area (Å²) in [7, 11) is 0. The van der Waals surface area contributed by atoms with E-state index in [4.69, 9.17) is 9.47 Å². The minimum Gasteiger partial charge on any atom is -0.464 e. The normalized spacial score (nSPS) is 26.8. The first-order chi connectivity index (χ1) is 11.1. The van der Waals surface area contributed by atoms with Crippen molar-refractivity contribution in [1.82, 2.24) is 9.80 Å². The number of fused-ring (bicyclic) bond motifs is 1. The zero-order valence-electron chi connectivity index (χ0n) is 15.2. The Morgan fingerprint density at radius 3 is 2.42 bits per heavy atom. The number of rotatable bonds is 2. The topological polar surface area (TPSA) is 76.2 Å². The second-order valence-corrected chi connectivity index (χ2v) is 7.47. The molecule has 0 radical (unpaired) electrons. The van der Waals surface area contributed by atoms with Crippen molar-refractivity contribution < 1.29 is 23.9 Å². The molecule has 2 heterocycles. The molecular formula is C17H28N2O5. The molecule has 0 bridgehead atoms. The van der Waals surface area contributed by atoms with Gasteiger partial charge in [-0.3, -0.25) is 9.69 Å². The summed E-state index contributed by atoms with van der Waals surface area (Å²) in [4.78, 5) is 40.0. The van der Waals surface area contributed by atoms with Gasteiger partial charge in [0.2, 0.25) is 5.91 Å². The van der Waals surface area contributed by atoms with Crippen molar-refractivity contribution in [2.45, 2.75) is 65.1 Å². The van der Waals surface area contributed by atoms with E-state index in [1.165, 1.54) is 11.8 Å². The predicted molar refractivity (Wildman–Crippen MR) is 87.3 cm³/mol. The largest absolute Gasteiger partial charge is 0.464 e. The minimum atomic E-state index is -0.649. The molecule has 0 aromatic heterocycles. The molecule has 2 aliphatic rings. The van der Waals surface area contributed by atoms with Gasteiger partial charge in [0, 0.05) is 20.0 Å². The SMILES string of the molecule is CCOC(=O)C1CC2CCN(C(C)=O)CC2N1C(=O)OC(C)(C)C. The van der Waals surface area contributed by atoms with Gasteiger partial charge in [0.1, 0.15) is 11.6 Å². The highest BCUT2D eigenvalue weighted by molar-refractivity contribution is 5.83. The zero-order chi connectivity index (χ0) is 18.1. The molecule has 0 aliphatic carbocycles. The van der Waals surface area contributed by atoms with Gasteiger partial charge in [0.05, 0.1) is 12.6 Å². The monoisotopic (exact) mass is 340 g/mol. The lowest BCUT2D eigenvalue weighted by molar-refractivity contribution is -0.148. The van der Waals surface area contributed by atoms with Gasteiger partial charge >= 0.3 is 12.1 Å². The third kappa shape index (κ3) is 3.99. The Morgan fingerprint density at radius 1 is 1.21 bits per heavy atom. The fourth-order valence-corrected chi connectivity index (χ4v) is 3.51. The van der Waals surface area contributed by atoms with E-state index in [-0.39, 0.29) is 24.5 Å². The van der Waals surface area contributed by atoms with Crippen LogP contribution >= 0.6 is 0 Å². The number of ether oxygens (including phenoxy) is 2. The van der Waals surface area contributed by atoms with E-state index in [1.54, 1.807) is 32.6 Å². The molecule has 136 valence electrons. The number of carbonyl (C=O) groups is 3. The zero-order valence-corrected chi connectivity index (χ0v) is 15.2. The summed E-state index contributed by atoms with van der Waals surface area (Å²) in [5.74, 6) is -0.230. The number of nitrogens with zero attached hydrogens (tertiary/aromatic N) is 2. The summed E-state index contributed by atoms with van der Waals surface area (Å²) in [6.45, 7) is 10.0. The van der Waals surface area contributed by atoms with E-state index in [0.29, 0.717) is 19.5 Å². The van der Waals surface area contributed by atoms with Crippen molar-refractivity contribution in [1.29, 1.82) is 0 Å². The van der Waals surface area contributed by atoms with Crippen LogP contribution in [-0.4, -0.2) is 65.2 Å². The Morgan fingerprint density at radius 2 is 1.88 bits per heavy atom. The van der Waals surface area contributed by atoms with Crippen LogP contribution in [0.3, 0.4) is 0 Å². The Bertz CT molecular complexity index is 514. The minimum absolute atomic E-state index is 0.0165.